The number of hydrogen-bond donors (Lipinski definition) is 5. The molecule has 0 aliphatic heterocycles. The lowest BCUT2D eigenvalue weighted by Gasteiger charge is -2.11. The van der Waals surface area contributed by atoms with Gasteiger partial charge in [0.05, 0.1) is 6.04 Å². The van der Waals surface area contributed by atoms with Gasteiger partial charge in [-0.3, -0.25) is 9.59 Å². The first-order chi connectivity index (χ1) is 9.07. The summed E-state index contributed by atoms with van der Waals surface area (Å²) < 4.78 is 0. The fraction of sp³-hybridized carbons (Fsp3) is 0.833. The van der Waals surface area contributed by atoms with E-state index in [1.807, 2.05) is 0 Å². The van der Waals surface area contributed by atoms with Crippen molar-refractivity contribution < 1.29 is 14.7 Å². The highest BCUT2D eigenvalue weighted by atomic mass is 16.4. The normalized spacial score (nSPS) is 12.1. The summed E-state index contributed by atoms with van der Waals surface area (Å²) in [7, 11) is 0. The highest BCUT2D eigenvalue weighted by Gasteiger charge is 2.13. The molecule has 0 aromatic heterocycles. The van der Waals surface area contributed by atoms with Crippen LogP contribution in [0.25, 0.3) is 0 Å². The number of nitrogens with two attached hydrogens (primary N) is 2. The Balaban J connectivity index is 3.39. The molecule has 0 rings (SSSR count). The third-order valence-electron chi connectivity index (χ3n) is 2.64. The Morgan fingerprint density at radius 3 is 2.37 bits per heavy atom. The molecule has 0 aliphatic rings. The highest BCUT2D eigenvalue weighted by Crippen LogP contribution is 1.95. The molecule has 0 aromatic rings. The van der Waals surface area contributed by atoms with Gasteiger partial charge in [0.1, 0.15) is 0 Å². The van der Waals surface area contributed by atoms with E-state index in [0.29, 0.717) is 13.1 Å². The van der Waals surface area contributed by atoms with Crippen molar-refractivity contribution in [3.05, 3.63) is 0 Å². The van der Waals surface area contributed by atoms with Crippen LogP contribution in [0.4, 0.5) is 0 Å². The van der Waals surface area contributed by atoms with Crippen LogP contribution in [0, 0.1) is 0 Å². The maximum absolute atomic E-state index is 11.5. The van der Waals surface area contributed by atoms with Crippen LogP contribution in [0.5, 0.6) is 0 Å². The van der Waals surface area contributed by atoms with Crippen molar-refractivity contribution in [2.75, 3.05) is 26.2 Å². The SMILES string of the molecule is NCCCNCCCCNC(=O)[C@@H](N)CCC(=O)O. The molecule has 112 valence electrons. The molecule has 0 bridgehead atoms. The molecule has 7 nitrogen and oxygen atoms in total. The second kappa shape index (κ2) is 11.9. The molecular formula is C12H26N4O3. The van der Waals surface area contributed by atoms with E-state index < -0.39 is 12.0 Å². The number of amides is 1. The smallest absolute Gasteiger partial charge is 0.303 e. The van der Waals surface area contributed by atoms with E-state index in [2.05, 4.69) is 10.6 Å². The zero-order valence-electron chi connectivity index (χ0n) is 11.4. The molecule has 0 unspecified atom stereocenters. The minimum atomic E-state index is -0.938. The monoisotopic (exact) mass is 274 g/mol. The zero-order chi connectivity index (χ0) is 14.5. The Morgan fingerprint density at radius 2 is 1.74 bits per heavy atom. The van der Waals surface area contributed by atoms with Crippen molar-refractivity contribution >= 4 is 11.9 Å². The molecule has 0 aliphatic carbocycles. The van der Waals surface area contributed by atoms with Crippen molar-refractivity contribution in [1.29, 1.82) is 0 Å². The first-order valence-electron chi connectivity index (χ1n) is 6.73. The fourth-order valence-corrected chi connectivity index (χ4v) is 1.48. The molecule has 1 amide bonds. The molecule has 0 spiro atoms. The van der Waals surface area contributed by atoms with Crippen LogP contribution in [0.1, 0.15) is 32.1 Å². The second-order valence-corrected chi connectivity index (χ2v) is 4.43. The predicted molar refractivity (Wildman–Crippen MR) is 73.6 cm³/mol. The Kier molecular flexibility index (Phi) is 11.1. The quantitative estimate of drug-likeness (QED) is 0.291. The van der Waals surface area contributed by atoms with Crippen LogP contribution in [-0.4, -0.2) is 49.2 Å². The van der Waals surface area contributed by atoms with E-state index in [4.69, 9.17) is 16.6 Å². The minimum Gasteiger partial charge on any atom is -0.481 e. The van der Waals surface area contributed by atoms with E-state index >= 15 is 0 Å². The number of rotatable bonds is 12. The Bertz CT molecular complexity index is 261. The second-order valence-electron chi connectivity index (χ2n) is 4.43. The Morgan fingerprint density at radius 1 is 1.11 bits per heavy atom. The summed E-state index contributed by atoms with van der Waals surface area (Å²) in [6.07, 6.45) is 2.89. The number of unbranched alkanes of at least 4 members (excludes halogenated alkanes) is 1. The lowest BCUT2D eigenvalue weighted by atomic mass is 10.1. The molecule has 0 saturated heterocycles. The van der Waals surface area contributed by atoms with Gasteiger partial charge in [0.2, 0.25) is 5.91 Å². The standard InChI is InChI=1S/C12H26N4O3/c13-6-3-8-15-7-1-2-9-16-12(19)10(14)4-5-11(17)18/h10,15H,1-9,13-14H2,(H,16,19)(H,17,18)/t10-/m0/s1. The molecule has 0 heterocycles. The van der Waals surface area contributed by atoms with Crippen LogP contribution in [0.15, 0.2) is 0 Å². The number of aliphatic carboxylic acids is 1. The number of hydrogen-bond acceptors (Lipinski definition) is 5. The van der Waals surface area contributed by atoms with Crippen LogP contribution in [-0.2, 0) is 9.59 Å². The van der Waals surface area contributed by atoms with E-state index in [-0.39, 0.29) is 18.7 Å². The third-order valence-corrected chi connectivity index (χ3v) is 2.64. The van der Waals surface area contributed by atoms with Crippen LogP contribution < -0.4 is 22.1 Å². The molecule has 0 fully saturated rings. The van der Waals surface area contributed by atoms with Crippen LogP contribution >= 0.6 is 0 Å². The summed E-state index contributed by atoms with van der Waals surface area (Å²) in [5.74, 6) is -1.22. The first-order valence-corrected chi connectivity index (χ1v) is 6.73. The fourth-order valence-electron chi connectivity index (χ4n) is 1.48. The molecule has 1 atom stereocenters. The number of carboxylic acids is 1. The average Bonchev–Trinajstić information content (AvgIpc) is 2.38. The summed E-state index contributed by atoms with van der Waals surface area (Å²) in [6, 6.07) is -0.737. The van der Waals surface area contributed by atoms with Crippen molar-refractivity contribution in [3.63, 3.8) is 0 Å². The van der Waals surface area contributed by atoms with Gasteiger partial charge in [0, 0.05) is 13.0 Å². The predicted octanol–water partition coefficient (Wildman–Crippen LogP) is -0.987. The van der Waals surface area contributed by atoms with Gasteiger partial charge < -0.3 is 27.2 Å². The molecule has 7 heteroatoms. The topological polar surface area (TPSA) is 130 Å². The summed E-state index contributed by atoms with van der Waals surface area (Å²) >= 11 is 0. The third kappa shape index (κ3) is 11.6. The lowest BCUT2D eigenvalue weighted by molar-refractivity contribution is -0.137. The Labute approximate surface area is 114 Å². The van der Waals surface area contributed by atoms with Gasteiger partial charge in [0.15, 0.2) is 0 Å². The maximum Gasteiger partial charge on any atom is 0.303 e. The van der Waals surface area contributed by atoms with Crippen molar-refractivity contribution in [2.45, 2.75) is 38.1 Å². The largest absolute Gasteiger partial charge is 0.481 e. The lowest BCUT2D eigenvalue weighted by Crippen LogP contribution is -2.41. The summed E-state index contributed by atoms with van der Waals surface area (Å²) in [5, 5.41) is 14.4. The van der Waals surface area contributed by atoms with Crippen molar-refractivity contribution in [2.24, 2.45) is 11.5 Å². The number of carbonyl (C=O) groups excluding carboxylic acids is 1. The van der Waals surface area contributed by atoms with E-state index in [9.17, 15) is 9.59 Å². The molecule has 0 aromatic carbocycles. The van der Waals surface area contributed by atoms with E-state index in [0.717, 1.165) is 32.4 Å². The van der Waals surface area contributed by atoms with Gasteiger partial charge in [-0.25, -0.2) is 0 Å². The summed E-state index contributed by atoms with van der Waals surface area (Å²) in [5.41, 5.74) is 10.9. The summed E-state index contributed by atoms with van der Waals surface area (Å²) in [4.78, 5) is 21.8. The zero-order valence-corrected chi connectivity index (χ0v) is 11.4. The summed E-state index contributed by atoms with van der Waals surface area (Å²) in [6.45, 7) is 3.08. The molecular weight excluding hydrogens is 248 g/mol. The Hall–Kier alpha value is -1.18. The van der Waals surface area contributed by atoms with E-state index in [1.54, 1.807) is 0 Å². The maximum atomic E-state index is 11.5. The van der Waals surface area contributed by atoms with Gasteiger partial charge in [-0.15, -0.1) is 0 Å². The first kappa shape index (κ1) is 17.8. The molecule has 19 heavy (non-hydrogen) atoms. The van der Waals surface area contributed by atoms with Crippen LogP contribution in [0.3, 0.4) is 0 Å². The average molecular weight is 274 g/mol. The number of carbonyl (C=O) groups is 2. The van der Waals surface area contributed by atoms with Crippen molar-refractivity contribution in [1.82, 2.24) is 10.6 Å². The molecule has 7 N–H and O–H groups in total. The number of nitrogens with one attached hydrogen (secondary N) is 2. The van der Waals surface area contributed by atoms with Crippen molar-refractivity contribution in [3.8, 4) is 0 Å². The van der Waals surface area contributed by atoms with Gasteiger partial charge in [-0.2, -0.15) is 0 Å². The van der Waals surface area contributed by atoms with Gasteiger partial charge >= 0.3 is 5.97 Å². The molecule has 0 radical (unpaired) electrons. The highest BCUT2D eigenvalue weighted by molar-refractivity contribution is 5.82. The number of carboxylic acid groups (broad SMARTS) is 1. The van der Waals surface area contributed by atoms with Gasteiger partial charge in [-0.05, 0) is 45.3 Å². The van der Waals surface area contributed by atoms with E-state index in [1.165, 1.54) is 0 Å². The molecule has 0 saturated carbocycles. The van der Waals surface area contributed by atoms with Gasteiger partial charge in [-0.1, -0.05) is 0 Å². The van der Waals surface area contributed by atoms with Gasteiger partial charge in [0.25, 0.3) is 0 Å². The van der Waals surface area contributed by atoms with Crippen LogP contribution in [0.2, 0.25) is 0 Å². The minimum absolute atomic E-state index is 0.0837.